The van der Waals surface area contributed by atoms with Crippen LogP contribution in [0.2, 0.25) is 5.02 Å². The van der Waals surface area contributed by atoms with E-state index in [1.165, 1.54) is 17.3 Å². The molecule has 3 aromatic rings. The molecule has 0 radical (unpaired) electrons. The lowest BCUT2D eigenvalue weighted by Gasteiger charge is -2.22. The maximum absolute atomic E-state index is 12.8. The van der Waals surface area contributed by atoms with Crippen LogP contribution in [0.15, 0.2) is 53.7 Å². The van der Waals surface area contributed by atoms with Crippen molar-refractivity contribution in [2.75, 3.05) is 11.1 Å². The maximum atomic E-state index is 12.8. The van der Waals surface area contributed by atoms with Crippen LogP contribution in [0.5, 0.6) is 0 Å². The average molecular weight is 486 g/mol. The number of halogens is 1. The van der Waals surface area contributed by atoms with Gasteiger partial charge in [0.15, 0.2) is 11.0 Å². The highest BCUT2D eigenvalue weighted by molar-refractivity contribution is 7.99. The minimum atomic E-state index is -0.369. The molecule has 0 fully saturated rings. The number of aromatic nitrogens is 3. The lowest BCUT2D eigenvalue weighted by Crippen LogP contribution is -2.33. The van der Waals surface area contributed by atoms with Gasteiger partial charge in [-0.1, -0.05) is 68.4 Å². The summed E-state index contributed by atoms with van der Waals surface area (Å²) in [6.45, 7) is 6.08. The van der Waals surface area contributed by atoms with Crippen molar-refractivity contribution in [3.8, 4) is 0 Å². The first-order valence-corrected chi connectivity index (χ1v) is 12.1. The predicted molar refractivity (Wildman–Crippen MR) is 133 cm³/mol. The molecular weight excluding hydrogens is 458 g/mol. The molecule has 174 valence electrons. The first-order chi connectivity index (χ1) is 15.8. The van der Waals surface area contributed by atoms with Crippen molar-refractivity contribution in [1.29, 1.82) is 0 Å². The van der Waals surface area contributed by atoms with Crippen LogP contribution in [0.3, 0.4) is 0 Å². The van der Waals surface area contributed by atoms with Gasteiger partial charge in [0.25, 0.3) is 5.91 Å². The van der Waals surface area contributed by atoms with E-state index < -0.39 is 0 Å². The summed E-state index contributed by atoms with van der Waals surface area (Å²) >= 11 is 7.47. The second-order valence-electron chi connectivity index (χ2n) is 7.96. The third kappa shape index (κ3) is 6.36. The van der Waals surface area contributed by atoms with Crippen LogP contribution in [0.25, 0.3) is 0 Å². The number of carbonyl (C=O) groups is 2. The molecule has 3 rings (SSSR count). The number of rotatable bonds is 9. The van der Waals surface area contributed by atoms with Gasteiger partial charge in [0.2, 0.25) is 5.91 Å². The number of nitrogens with one attached hydrogen (secondary N) is 2. The third-order valence-electron chi connectivity index (χ3n) is 5.20. The Balaban J connectivity index is 1.65. The van der Waals surface area contributed by atoms with Gasteiger partial charge < -0.3 is 15.2 Å². The van der Waals surface area contributed by atoms with Crippen LogP contribution in [0.1, 0.15) is 48.6 Å². The molecule has 1 atom stereocenters. The van der Waals surface area contributed by atoms with Gasteiger partial charge >= 0.3 is 0 Å². The van der Waals surface area contributed by atoms with Crippen LogP contribution >= 0.6 is 23.4 Å². The lowest BCUT2D eigenvalue weighted by atomic mass is 10.0. The normalized spacial score (nSPS) is 11.9. The molecule has 0 aliphatic rings. The predicted octanol–water partition coefficient (Wildman–Crippen LogP) is 4.89. The van der Waals surface area contributed by atoms with Gasteiger partial charge in [-0.25, -0.2) is 0 Å². The summed E-state index contributed by atoms with van der Waals surface area (Å²) in [6.07, 6.45) is 0.953. The largest absolute Gasteiger partial charge is 0.342 e. The minimum Gasteiger partial charge on any atom is -0.342 e. The molecule has 9 heteroatoms. The smallest absolute Gasteiger partial charge is 0.253 e. The molecule has 2 N–H and O–H groups in total. The fraction of sp³-hybridized carbons (Fsp3) is 0.333. The van der Waals surface area contributed by atoms with Crippen LogP contribution in [-0.4, -0.2) is 32.3 Å². The van der Waals surface area contributed by atoms with Crippen LogP contribution < -0.4 is 10.6 Å². The molecule has 7 nitrogen and oxygen atoms in total. The van der Waals surface area contributed by atoms with Gasteiger partial charge in [0.05, 0.1) is 22.4 Å². The van der Waals surface area contributed by atoms with Crippen molar-refractivity contribution >= 4 is 40.9 Å². The Kier molecular flexibility index (Phi) is 8.52. The molecule has 1 heterocycles. The van der Waals surface area contributed by atoms with E-state index in [1.54, 1.807) is 24.3 Å². The van der Waals surface area contributed by atoms with Gasteiger partial charge in [0.1, 0.15) is 0 Å². The Morgan fingerprint density at radius 1 is 1.09 bits per heavy atom. The zero-order chi connectivity index (χ0) is 24.0. The second kappa shape index (κ2) is 11.3. The quantitative estimate of drug-likeness (QED) is 0.421. The Hall–Kier alpha value is -2.84. The summed E-state index contributed by atoms with van der Waals surface area (Å²) in [5, 5.41) is 15.4. The summed E-state index contributed by atoms with van der Waals surface area (Å²) in [4.78, 5) is 25.2. The Morgan fingerprint density at radius 3 is 2.42 bits per heavy atom. The van der Waals surface area contributed by atoms with Crippen molar-refractivity contribution in [3.63, 3.8) is 0 Å². The minimum absolute atomic E-state index is 0.0616. The van der Waals surface area contributed by atoms with Gasteiger partial charge in [0, 0.05) is 12.7 Å². The van der Waals surface area contributed by atoms with Gasteiger partial charge in [-0.05, 0) is 42.2 Å². The number of carbonyl (C=O) groups excluding carboxylic acids is 2. The Bertz CT molecular complexity index is 1110. The van der Waals surface area contributed by atoms with E-state index in [1.807, 2.05) is 49.7 Å². The molecule has 1 aromatic heterocycles. The number of amides is 2. The van der Waals surface area contributed by atoms with E-state index in [4.69, 9.17) is 11.6 Å². The SMILES string of the molecule is CCc1ccc(NC(=O)CSc2nnc([C@H](NC(=O)c3ccccc3Cl)C(C)C)n2C)cc1. The fourth-order valence-electron chi connectivity index (χ4n) is 3.27. The summed E-state index contributed by atoms with van der Waals surface area (Å²) in [6, 6.07) is 14.3. The fourth-order valence-corrected chi connectivity index (χ4v) is 4.21. The molecule has 0 spiro atoms. The molecule has 0 saturated heterocycles. The summed E-state index contributed by atoms with van der Waals surface area (Å²) in [7, 11) is 1.83. The molecule has 0 aliphatic heterocycles. The molecule has 0 bridgehead atoms. The first kappa shape index (κ1) is 24.8. The van der Waals surface area contributed by atoms with E-state index in [2.05, 4.69) is 27.8 Å². The monoisotopic (exact) mass is 485 g/mol. The number of thioether (sulfide) groups is 1. The van der Waals surface area contributed by atoms with E-state index in [9.17, 15) is 9.59 Å². The number of anilines is 1. The van der Waals surface area contributed by atoms with Crippen LogP contribution in [0, 0.1) is 5.92 Å². The summed E-state index contributed by atoms with van der Waals surface area (Å²) in [5.41, 5.74) is 2.39. The number of aryl methyl sites for hydroxylation is 1. The highest BCUT2D eigenvalue weighted by atomic mass is 35.5. The molecule has 0 unspecified atom stereocenters. The van der Waals surface area contributed by atoms with Crippen LogP contribution in [-0.2, 0) is 18.3 Å². The second-order valence-corrected chi connectivity index (χ2v) is 9.31. The topological polar surface area (TPSA) is 88.9 Å². The molecule has 0 aliphatic carbocycles. The van der Waals surface area contributed by atoms with Crippen molar-refractivity contribution in [3.05, 3.63) is 70.5 Å². The van der Waals surface area contributed by atoms with Crippen LogP contribution in [0.4, 0.5) is 5.69 Å². The number of hydrogen-bond donors (Lipinski definition) is 2. The molecular formula is C24H28ClN5O2S. The van der Waals surface area contributed by atoms with Gasteiger partial charge in [-0.2, -0.15) is 0 Å². The molecule has 33 heavy (non-hydrogen) atoms. The van der Waals surface area contributed by atoms with Crippen molar-refractivity contribution in [2.45, 2.75) is 38.4 Å². The lowest BCUT2D eigenvalue weighted by molar-refractivity contribution is -0.113. The Labute approximate surface area is 203 Å². The number of nitrogens with zero attached hydrogens (tertiary/aromatic N) is 3. The highest BCUT2D eigenvalue weighted by Gasteiger charge is 2.26. The average Bonchev–Trinajstić information content (AvgIpc) is 3.16. The van der Waals surface area contributed by atoms with Gasteiger partial charge in [-0.15, -0.1) is 10.2 Å². The zero-order valence-electron chi connectivity index (χ0n) is 19.1. The van der Waals surface area contributed by atoms with E-state index >= 15 is 0 Å². The van der Waals surface area contributed by atoms with Crippen molar-refractivity contribution in [1.82, 2.24) is 20.1 Å². The molecule has 0 saturated carbocycles. The van der Waals surface area contributed by atoms with Gasteiger partial charge in [-0.3, -0.25) is 9.59 Å². The first-order valence-electron chi connectivity index (χ1n) is 10.8. The Morgan fingerprint density at radius 2 is 1.79 bits per heavy atom. The maximum Gasteiger partial charge on any atom is 0.253 e. The van der Waals surface area contributed by atoms with E-state index in [-0.39, 0.29) is 29.5 Å². The summed E-state index contributed by atoms with van der Waals surface area (Å²) < 4.78 is 1.81. The number of hydrogen-bond acceptors (Lipinski definition) is 5. The van der Waals surface area contributed by atoms with Crippen molar-refractivity contribution in [2.24, 2.45) is 13.0 Å². The van der Waals surface area contributed by atoms with E-state index in [0.29, 0.717) is 21.6 Å². The summed E-state index contributed by atoms with van der Waals surface area (Å²) in [5.74, 6) is 0.473. The number of benzene rings is 2. The third-order valence-corrected chi connectivity index (χ3v) is 6.55. The van der Waals surface area contributed by atoms with Crippen molar-refractivity contribution < 1.29 is 9.59 Å². The standard InChI is InChI=1S/C24H28ClN5O2S/c1-5-16-10-12-17(13-11-16)26-20(31)14-33-24-29-28-22(30(24)4)21(15(2)3)27-23(32)18-8-6-7-9-19(18)25/h6-13,15,21H,5,14H2,1-4H3,(H,26,31)(H,27,32)/t21-/m1/s1. The molecule has 2 aromatic carbocycles. The van der Waals surface area contributed by atoms with E-state index in [0.717, 1.165) is 12.1 Å². The highest BCUT2D eigenvalue weighted by Crippen LogP contribution is 2.25. The zero-order valence-corrected chi connectivity index (χ0v) is 20.7. The molecule has 2 amide bonds.